The number of likely N-dealkylation sites (tertiary alicyclic amines) is 1. The molecule has 4 rings (SSSR count). The summed E-state index contributed by atoms with van der Waals surface area (Å²) in [6.45, 7) is 6.59. The van der Waals surface area contributed by atoms with Gasteiger partial charge in [-0.3, -0.25) is 9.59 Å². The van der Waals surface area contributed by atoms with Crippen LogP contribution >= 0.6 is 0 Å². The van der Waals surface area contributed by atoms with Gasteiger partial charge in [0.1, 0.15) is 28.7 Å². The van der Waals surface area contributed by atoms with Crippen LogP contribution < -0.4 is 5.32 Å². The van der Waals surface area contributed by atoms with Gasteiger partial charge in [0, 0.05) is 30.5 Å². The molecule has 7 nitrogen and oxygen atoms in total. The normalized spacial score (nSPS) is 17.2. The number of ketones is 1. The second kappa shape index (κ2) is 8.20. The van der Waals surface area contributed by atoms with Crippen molar-refractivity contribution in [3.05, 3.63) is 59.3 Å². The average molecular weight is 457 g/mol. The SMILES string of the molecule is CC(C)(C)OC(=O)N1CC2(CC(C(=O)c3cccc(NC(=O)c4ccc(F)cc4F)n3)C2)C1. The standard InChI is InChI=1S/C24H25F2N3O4/c1-23(2,3)33-22(32)29-12-24(13-29)10-14(11-24)20(30)18-5-4-6-19(27-18)28-21(31)16-8-7-15(25)9-17(16)26/h4-9,14H,10-13H2,1-3H3,(H,27,28,31). The molecule has 1 aromatic heterocycles. The Morgan fingerprint density at radius 2 is 1.82 bits per heavy atom. The van der Waals surface area contributed by atoms with Crippen molar-refractivity contribution >= 4 is 23.6 Å². The van der Waals surface area contributed by atoms with E-state index in [0.29, 0.717) is 32.0 Å². The van der Waals surface area contributed by atoms with Crippen LogP contribution in [0, 0.1) is 23.0 Å². The van der Waals surface area contributed by atoms with Gasteiger partial charge in [0.05, 0.1) is 5.56 Å². The Labute approximate surface area is 190 Å². The van der Waals surface area contributed by atoms with Crippen molar-refractivity contribution < 1.29 is 27.9 Å². The molecule has 2 amide bonds. The number of nitrogens with zero attached hydrogens (tertiary/aromatic N) is 2. The summed E-state index contributed by atoms with van der Waals surface area (Å²) in [5.41, 5.74) is -0.721. The largest absolute Gasteiger partial charge is 0.444 e. The van der Waals surface area contributed by atoms with Crippen molar-refractivity contribution in [1.82, 2.24) is 9.88 Å². The van der Waals surface area contributed by atoms with E-state index >= 15 is 0 Å². The van der Waals surface area contributed by atoms with Crippen LogP contribution in [0.4, 0.5) is 19.4 Å². The van der Waals surface area contributed by atoms with Gasteiger partial charge in [-0.2, -0.15) is 0 Å². The Kier molecular flexibility index (Phi) is 5.67. The van der Waals surface area contributed by atoms with Crippen LogP contribution in [-0.4, -0.2) is 46.4 Å². The van der Waals surface area contributed by atoms with Gasteiger partial charge in [-0.25, -0.2) is 18.6 Å². The number of amides is 2. The fraction of sp³-hybridized carbons (Fsp3) is 0.417. The molecule has 2 aromatic rings. The molecule has 1 aliphatic carbocycles. The molecule has 174 valence electrons. The molecule has 1 spiro atoms. The molecular formula is C24H25F2N3O4. The molecule has 2 aliphatic rings. The molecular weight excluding hydrogens is 432 g/mol. The maximum atomic E-state index is 13.8. The first-order chi connectivity index (χ1) is 15.4. The highest BCUT2D eigenvalue weighted by atomic mass is 19.1. The Morgan fingerprint density at radius 3 is 2.45 bits per heavy atom. The first-order valence-electron chi connectivity index (χ1n) is 10.7. The predicted octanol–water partition coefficient (Wildman–Crippen LogP) is 4.44. The van der Waals surface area contributed by atoms with E-state index in [2.05, 4.69) is 10.3 Å². The second-order valence-electron chi connectivity index (χ2n) is 9.79. The quantitative estimate of drug-likeness (QED) is 0.686. The van der Waals surface area contributed by atoms with Crippen molar-refractivity contribution in [3.63, 3.8) is 0 Å². The smallest absolute Gasteiger partial charge is 0.410 e. The number of carbonyl (C=O) groups excluding carboxylic acids is 3. The number of rotatable bonds is 4. The number of hydrogen-bond donors (Lipinski definition) is 1. The predicted molar refractivity (Wildman–Crippen MR) is 116 cm³/mol. The van der Waals surface area contributed by atoms with E-state index in [4.69, 9.17) is 4.74 Å². The van der Waals surface area contributed by atoms with Gasteiger partial charge in [0.15, 0.2) is 5.78 Å². The summed E-state index contributed by atoms with van der Waals surface area (Å²) in [6, 6.07) is 7.29. The van der Waals surface area contributed by atoms with Gasteiger partial charge < -0.3 is 15.0 Å². The molecule has 0 radical (unpaired) electrons. The van der Waals surface area contributed by atoms with E-state index < -0.39 is 23.1 Å². The van der Waals surface area contributed by atoms with Crippen LogP contribution in [0.5, 0.6) is 0 Å². The van der Waals surface area contributed by atoms with Crippen LogP contribution in [0.1, 0.15) is 54.5 Å². The number of Topliss-reactive ketones (excluding diaryl/α,β-unsaturated/α-hetero) is 1. The van der Waals surface area contributed by atoms with Crippen molar-refractivity contribution in [2.45, 2.75) is 39.2 Å². The first kappa shape index (κ1) is 22.8. The number of pyridine rings is 1. The van der Waals surface area contributed by atoms with E-state index in [9.17, 15) is 23.2 Å². The van der Waals surface area contributed by atoms with Crippen molar-refractivity contribution in [2.75, 3.05) is 18.4 Å². The highest BCUT2D eigenvalue weighted by molar-refractivity contribution is 6.04. The summed E-state index contributed by atoms with van der Waals surface area (Å²) >= 11 is 0. The van der Waals surface area contributed by atoms with Gasteiger partial charge in [-0.05, 0) is 57.9 Å². The zero-order valence-electron chi connectivity index (χ0n) is 18.7. The van der Waals surface area contributed by atoms with Crippen LogP contribution in [0.25, 0.3) is 0 Å². The first-order valence-corrected chi connectivity index (χ1v) is 10.7. The molecule has 2 fully saturated rings. The minimum absolute atomic E-state index is 0.0524. The van der Waals surface area contributed by atoms with E-state index in [-0.39, 0.29) is 40.3 Å². The van der Waals surface area contributed by atoms with Crippen molar-refractivity contribution in [2.24, 2.45) is 11.3 Å². The summed E-state index contributed by atoms with van der Waals surface area (Å²) in [4.78, 5) is 43.1. The van der Waals surface area contributed by atoms with Gasteiger partial charge in [-0.15, -0.1) is 0 Å². The monoisotopic (exact) mass is 457 g/mol. The topological polar surface area (TPSA) is 88.6 Å². The molecule has 0 unspecified atom stereocenters. The Balaban J connectivity index is 1.33. The zero-order valence-corrected chi connectivity index (χ0v) is 18.7. The number of carbonyl (C=O) groups is 3. The van der Waals surface area contributed by atoms with Gasteiger partial charge >= 0.3 is 6.09 Å². The highest BCUT2D eigenvalue weighted by Crippen LogP contribution is 2.53. The number of halogens is 2. The zero-order chi connectivity index (χ0) is 24.0. The van der Waals surface area contributed by atoms with Crippen LogP contribution in [-0.2, 0) is 4.74 Å². The van der Waals surface area contributed by atoms with E-state index in [0.717, 1.165) is 12.1 Å². The number of anilines is 1. The molecule has 1 N–H and O–H groups in total. The van der Waals surface area contributed by atoms with Crippen molar-refractivity contribution in [1.29, 1.82) is 0 Å². The Bertz CT molecular complexity index is 1110. The highest BCUT2D eigenvalue weighted by Gasteiger charge is 2.56. The second-order valence-corrected chi connectivity index (χ2v) is 9.79. The van der Waals surface area contributed by atoms with Crippen molar-refractivity contribution in [3.8, 4) is 0 Å². The number of aromatic nitrogens is 1. The summed E-state index contributed by atoms with van der Waals surface area (Å²) in [5, 5.41) is 2.44. The molecule has 2 heterocycles. The third-order valence-electron chi connectivity index (χ3n) is 5.85. The molecule has 33 heavy (non-hydrogen) atoms. The minimum atomic E-state index is -0.986. The van der Waals surface area contributed by atoms with Gasteiger partial charge in [0.2, 0.25) is 0 Å². The van der Waals surface area contributed by atoms with E-state index in [1.807, 2.05) is 20.8 Å². The van der Waals surface area contributed by atoms with E-state index in [1.165, 1.54) is 6.07 Å². The lowest BCUT2D eigenvalue weighted by Crippen LogP contribution is -2.65. The maximum Gasteiger partial charge on any atom is 0.410 e. The average Bonchev–Trinajstić information content (AvgIpc) is 2.64. The summed E-state index contributed by atoms with van der Waals surface area (Å²) in [5.74, 6) is -2.81. The molecule has 0 bridgehead atoms. The third kappa shape index (κ3) is 4.86. The number of ether oxygens (including phenoxy) is 1. The van der Waals surface area contributed by atoms with Gasteiger partial charge in [-0.1, -0.05) is 6.07 Å². The molecule has 0 atom stereocenters. The molecule has 1 saturated heterocycles. The van der Waals surface area contributed by atoms with E-state index in [1.54, 1.807) is 17.0 Å². The summed E-state index contributed by atoms with van der Waals surface area (Å²) < 4.78 is 32.3. The minimum Gasteiger partial charge on any atom is -0.444 e. The molecule has 1 saturated carbocycles. The fourth-order valence-electron chi connectivity index (χ4n) is 4.36. The third-order valence-corrected chi connectivity index (χ3v) is 5.85. The lowest BCUT2D eigenvalue weighted by atomic mass is 9.56. The number of benzene rings is 1. The Morgan fingerprint density at radius 1 is 1.12 bits per heavy atom. The summed E-state index contributed by atoms with van der Waals surface area (Å²) in [7, 11) is 0. The van der Waals surface area contributed by atoms with Crippen LogP contribution in [0.3, 0.4) is 0 Å². The lowest BCUT2D eigenvalue weighted by molar-refractivity contribution is -0.0865. The number of nitrogens with one attached hydrogen (secondary N) is 1. The summed E-state index contributed by atoms with van der Waals surface area (Å²) in [6.07, 6.45) is 0.972. The molecule has 1 aromatic carbocycles. The fourth-order valence-corrected chi connectivity index (χ4v) is 4.36. The lowest BCUT2D eigenvalue weighted by Gasteiger charge is -2.58. The van der Waals surface area contributed by atoms with Crippen LogP contribution in [0.2, 0.25) is 0 Å². The van der Waals surface area contributed by atoms with Crippen LogP contribution in [0.15, 0.2) is 36.4 Å². The van der Waals surface area contributed by atoms with Gasteiger partial charge in [0.25, 0.3) is 5.91 Å². The molecule has 1 aliphatic heterocycles. The number of hydrogen-bond acceptors (Lipinski definition) is 5. The Hall–Kier alpha value is -3.36. The molecule has 9 heteroatoms. The maximum absolute atomic E-state index is 13.8.